The first-order chi connectivity index (χ1) is 60.7. The van der Waals surface area contributed by atoms with E-state index < -0.39 is 5.97 Å². The monoisotopic (exact) mass is 1820 g/mol. The Bertz CT molecular complexity index is 6150. The van der Waals surface area contributed by atoms with Gasteiger partial charge in [0.15, 0.2) is 17.3 Å². The van der Waals surface area contributed by atoms with Crippen molar-refractivity contribution in [2.45, 2.75) is 121 Å². The second-order valence-corrected chi connectivity index (χ2v) is 37.2. The van der Waals surface area contributed by atoms with Crippen LogP contribution in [-0.4, -0.2) is 127 Å². The van der Waals surface area contributed by atoms with Gasteiger partial charge in [-0.05, 0) is 135 Å². The number of aromatic carboxylic acids is 1. The van der Waals surface area contributed by atoms with Gasteiger partial charge < -0.3 is 22.3 Å². The number of carboxylic acid groups (broad SMARTS) is 1. The van der Waals surface area contributed by atoms with Gasteiger partial charge in [0.25, 0.3) is 23.6 Å². The van der Waals surface area contributed by atoms with Gasteiger partial charge in [-0.15, -0.1) is 45.3 Å². The van der Waals surface area contributed by atoms with Gasteiger partial charge in [-0.1, -0.05) is 192 Å². The van der Waals surface area contributed by atoms with E-state index in [2.05, 4.69) is 20.4 Å². The molecule has 14 aromatic rings. The third-order valence-electron chi connectivity index (χ3n) is 23.0. The van der Waals surface area contributed by atoms with Crippen LogP contribution >= 0.6 is 91.8 Å². The highest BCUT2D eigenvalue weighted by Crippen LogP contribution is 2.45. The molecule has 7 N–H and O–H groups in total. The molecule has 125 heavy (non-hydrogen) atoms. The molecule has 636 valence electrons. The van der Waals surface area contributed by atoms with E-state index >= 15 is 0 Å². The smallest absolute Gasteiger partial charge is 0.345 e. The van der Waals surface area contributed by atoms with E-state index in [0.717, 1.165) is 164 Å². The van der Waals surface area contributed by atoms with Crippen molar-refractivity contribution in [3.05, 3.63) is 323 Å². The van der Waals surface area contributed by atoms with Crippen molar-refractivity contribution in [3.63, 3.8) is 0 Å². The molecule has 0 radical (unpaired) electrons. The van der Waals surface area contributed by atoms with Crippen LogP contribution in [0.25, 0.3) is 45.0 Å². The second kappa shape index (κ2) is 39.1. The fourth-order valence-corrected chi connectivity index (χ4v) is 22.1. The molecule has 0 saturated heterocycles. The van der Waals surface area contributed by atoms with Crippen LogP contribution in [0.2, 0.25) is 20.1 Å². The Labute approximate surface area is 756 Å². The molecule has 4 atom stereocenters. The van der Waals surface area contributed by atoms with Gasteiger partial charge in [0, 0.05) is 124 Å². The lowest BCUT2D eigenvalue weighted by molar-refractivity contribution is 0.0626. The molecule has 14 heterocycles. The number of carboxylic acids is 1. The number of Topliss-reactive ketones (excluding diaryl/α,β-unsaturated/α-hetero) is 3. The van der Waals surface area contributed by atoms with Gasteiger partial charge in [-0.3, -0.25) is 62.1 Å². The number of hydrogen-bond donors (Lipinski definition) is 4. The number of hydrogen-bond acceptors (Lipinski definition) is 19. The zero-order valence-corrected chi connectivity index (χ0v) is 73.9. The van der Waals surface area contributed by atoms with Crippen LogP contribution in [0.4, 0.5) is 0 Å². The zero-order chi connectivity index (χ0) is 87.1. The molecule has 4 amide bonds. The minimum Gasteiger partial charge on any atom is -0.477 e. The molecular weight excluding hydrogens is 1740 g/mol. The Morgan fingerprint density at radius 1 is 0.352 bits per heavy atom. The van der Waals surface area contributed by atoms with Crippen LogP contribution in [0.15, 0.2) is 219 Å². The summed E-state index contributed by atoms with van der Waals surface area (Å²) in [5.41, 5.74) is 31.4. The number of carbonyl (C=O) groups is 8. The summed E-state index contributed by atoms with van der Waals surface area (Å²) in [6.45, 7) is 4.59. The van der Waals surface area contributed by atoms with Gasteiger partial charge in [0.2, 0.25) is 0 Å². The third-order valence-corrected chi connectivity index (χ3v) is 29.0. The number of nitrogens with two attached hydrogens (primary N) is 3. The van der Waals surface area contributed by atoms with Gasteiger partial charge >= 0.3 is 5.97 Å². The summed E-state index contributed by atoms with van der Waals surface area (Å²) < 4.78 is 7.65. The van der Waals surface area contributed by atoms with E-state index in [1.54, 1.807) is 102 Å². The zero-order valence-electron chi connectivity index (χ0n) is 67.6. The highest BCUT2D eigenvalue weighted by molar-refractivity contribution is 7.15. The molecule has 0 spiro atoms. The molecule has 0 bridgehead atoms. The van der Waals surface area contributed by atoms with Crippen LogP contribution in [0.5, 0.6) is 0 Å². The highest BCUT2D eigenvalue weighted by Gasteiger charge is 2.39. The molecule has 0 saturated carbocycles. The number of aryl methyl sites for hydroxylation is 8. The molecule has 0 fully saturated rings. The molecule has 30 heteroatoms. The number of halogens is 4. The molecule has 6 aliphatic rings. The first kappa shape index (κ1) is 87.2. The molecule has 22 nitrogen and oxygen atoms in total. The molecule has 0 aliphatic carbocycles. The van der Waals surface area contributed by atoms with Crippen molar-refractivity contribution in [2.75, 3.05) is 26.2 Å². The summed E-state index contributed by atoms with van der Waals surface area (Å²) in [6.07, 6.45) is 15.2. The lowest BCUT2D eigenvalue weighted by Crippen LogP contribution is -2.36. The lowest BCUT2D eigenvalue weighted by atomic mass is 9.92. The number of ketones is 3. The maximum atomic E-state index is 13.6. The Morgan fingerprint density at radius 2 is 0.608 bits per heavy atom. The van der Waals surface area contributed by atoms with Crippen molar-refractivity contribution in [1.82, 2.24) is 48.9 Å². The Morgan fingerprint density at radius 3 is 0.904 bits per heavy atom. The molecule has 6 aromatic carbocycles. The molecule has 6 aliphatic heterocycles. The van der Waals surface area contributed by atoms with E-state index in [1.807, 2.05) is 158 Å². The molecule has 20 rings (SSSR count). The number of rotatable bonds is 20. The predicted molar refractivity (Wildman–Crippen MR) is 492 cm³/mol. The van der Waals surface area contributed by atoms with Gasteiger partial charge in [0.05, 0.1) is 105 Å². The largest absolute Gasteiger partial charge is 0.477 e. The molecule has 8 aromatic heterocycles. The quantitative estimate of drug-likeness (QED) is 0.0407. The number of carbonyl (C=O) groups excluding carboxylic acids is 7. The Balaban J connectivity index is 0.000000118. The fraction of sp³-hybridized carbons (Fsp3) is 0.242. The van der Waals surface area contributed by atoms with E-state index in [4.69, 9.17) is 68.7 Å². The minimum absolute atomic E-state index is 0.0132. The van der Waals surface area contributed by atoms with Gasteiger partial charge in [-0.2, -0.15) is 20.4 Å². The molecular formula is C95H85Cl4N13O9S4. The van der Waals surface area contributed by atoms with E-state index in [1.165, 1.54) is 42.2 Å². The summed E-state index contributed by atoms with van der Waals surface area (Å²) in [4.78, 5) is 111. The number of fused-ring (bicyclic) bond motifs is 14. The summed E-state index contributed by atoms with van der Waals surface area (Å²) in [6, 6.07) is 60.0. The van der Waals surface area contributed by atoms with E-state index in [-0.39, 0.29) is 84.3 Å². The first-order valence-corrected chi connectivity index (χ1v) is 45.9. The van der Waals surface area contributed by atoms with Crippen LogP contribution in [0.3, 0.4) is 0 Å². The van der Waals surface area contributed by atoms with Gasteiger partial charge in [0.1, 0.15) is 4.88 Å². The standard InChI is InChI=1S/C28H22ClN3O3S.2C20H20ClN3OS.C16H14N2O2.C11H9ClN2O2S/c29-22-15-30-32-12-6-11-24-21(26(22)32)14-25(36-24)23(33)13-18(17-7-2-1-3-8-17)16-31-27(34)19-9-4-5-10-20(19)28(31)35;2*21-16-12-23-24-8-4-7-18-15(20(16)24)10-19(26-18)17(25)9-14(11-22)13-5-2-1-3-6-13;17-14(11-6-2-1-3-7-11)10-18-15(19)12-8-4-5-9-13(12)16(18)20;12-7-5-13-14-3-1-2-8-6(10(7)14)4-9(17-8)11(15)16/h1-5,7-10,14-15,18H,6,11-13,16H2;2*1-3,5-6,10,12,14H,4,7-9,11,22H2;1-9,14H,10,17H2;4-5H,1-3H2,(H,15,16)/t18-;3*14-;/m1111./s1. The molecule has 0 unspecified atom stereocenters. The van der Waals surface area contributed by atoms with Crippen LogP contribution in [-0.2, 0) is 51.9 Å². The summed E-state index contributed by atoms with van der Waals surface area (Å²) in [7, 11) is 0. The lowest BCUT2D eigenvalue weighted by Gasteiger charge is -2.22. The van der Waals surface area contributed by atoms with Crippen molar-refractivity contribution < 1.29 is 43.5 Å². The minimum atomic E-state index is -0.884. The highest BCUT2D eigenvalue weighted by atomic mass is 35.5. The van der Waals surface area contributed by atoms with Crippen LogP contribution < -0.4 is 17.2 Å². The SMILES string of the molecule is NC[C@@H](CC(=O)c1cc2c(s1)CCCn1ncc(Cl)c1-2)c1ccccc1.NC[C@@H](CC(=O)c1cc2c(s1)CCCn1ncc(Cl)c1-2)c1ccccc1.N[C@H](CN1C(=O)c2ccccc2C1=O)c1ccccc1.O=C(C[C@H](CN1C(=O)c2ccccc2C1=O)c1ccccc1)c1cc2c(s1)CCCn1ncc(Cl)c1-2.O=C(O)c1cc2c(s1)CCCn1ncc(Cl)c1-2. The number of imide groups is 2. The van der Waals surface area contributed by atoms with E-state index in [0.29, 0.717) is 78.0 Å². The number of thiophene rings is 4. The van der Waals surface area contributed by atoms with Gasteiger partial charge in [-0.25, -0.2) is 4.79 Å². The average Bonchev–Trinajstić information content (AvgIpc) is 1.63. The first-order valence-electron chi connectivity index (χ1n) is 41.2. The summed E-state index contributed by atoms with van der Waals surface area (Å²) in [5, 5.41) is 28.8. The van der Waals surface area contributed by atoms with Crippen molar-refractivity contribution >= 4 is 139 Å². The second-order valence-electron chi connectivity index (χ2n) is 31.0. The van der Waals surface area contributed by atoms with Crippen LogP contribution in [0.1, 0.15) is 191 Å². The van der Waals surface area contributed by atoms with Crippen molar-refractivity contribution in [2.24, 2.45) is 17.2 Å². The number of benzene rings is 6. The topological polar surface area (TPSA) is 313 Å². The van der Waals surface area contributed by atoms with E-state index in [9.17, 15) is 38.4 Å². The maximum Gasteiger partial charge on any atom is 0.345 e. The third kappa shape index (κ3) is 18.9. The Hall–Kier alpha value is -11.2. The number of aromatic nitrogens is 8. The average molecular weight is 1820 g/mol. The fourth-order valence-electron chi connectivity index (χ4n) is 16.7. The summed E-state index contributed by atoms with van der Waals surface area (Å²) in [5.74, 6) is -2.00. The number of amides is 4. The summed E-state index contributed by atoms with van der Waals surface area (Å²) >= 11 is 31.3. The number of nitrogens with zero attached hydrogens (tertiary/aromatic N) is 10. The van der Waals surface area contributed by atoms with Crippen LogP contribution in [0, 0.1) is 0 Å². The van der Waals surface area contributed by atoms with Crippen molar-refractivity contribution in [1.29, 1.82) is 0 Å². The predicted octanol–water partition coefficient (Wildman–Crippen LogP) is 19.8. The maximum absolute atomic E-state index is 13.6. The Kier molecular flexibility index (Phi) is 27.3. The normalized spacial score (nSPS) is 14.7. The van der Waals surface area contributed by atoms with Crippen molar-refractivity contribution in [3.8, 4) is 45.0 Å².